The van der Waals surface area contributed by atoms with Crippen LogP contribution in [0.15, 0.2) is 53.4 Å². The Hall–Kier alpha value is -1.98. The second-order valence-corrected chi connectivity index (χ2v) is 7.76. The third-order valence-electron chi connectivity index (χ3n) is 4.77. The van der Waals surface area contributed by atoms with E-state index in [2.05, 4.69) is 5.32 Å². The van der Waals surface area contributed by atoms with E-state index in [0.29, 0.717) is 12.8 Å². The van der Waals surface area contributed by atoms with Gasteiger partial charge in [-0.1, -0.05) is 24.3 Å². The lowest BCUT2D eigenvalue weighted by molar-refractivity contribution is -0.122. The predicted molar refractivity (Wildman–Crippen MR) is 105 cm³/mol. The lowest BCUT2D eigenvalue weighted by Gasteiger charge is -2.35. The van der Waals surface area contributed by atoms with Crippen molar-refractivity contribution in [3.05, 3.63) is 59.7 Å². The van der Waals surface area contributed by atoms with Crippen LogP contribution in [0, 0.1) is 0 Å². The van der Waals surface area contributed by atoms with E-state index in [1.165, 1.54) is 0 Å². The van der Waals surface area contributed by atoms with Crippen molar-refractivity contribution in [1.82, 2.24) is 5.32 Å². The molecular weight excluding hydrogens is 346 g/mol. The van der Waals surface area contributed by atoms with Crippen LogP contribution in [-0.4, -0.2) is 30.4 Å². The van der Waals surface area contributed by atoms with Crippen molar-refractivity contribution in [2.45, 2.75) is 36.2 Å². The van der Waals surface area contributed by atoms with Crippen molar-refractivity contribution in [2.24, 2.45) is 0 Å². The van der Waals surface area contributed by atoms with Gasteiger partial charge < -0.3 is 15.2 Å². The molecule has 1 amide bonds. The Morgan fingerprint density at radius 3 is 2.85 bits per heavy atom. The van der Waals surface area contributed by atoms with Crippen molar-refractivity contribution in [1.29, 1.82) is 0 Å². The van der Waals surface area contributed by atoms with Crippen LogP contribution in [0.1, 0.15) is 30.4 Å². The molecule has 0 unspecified atom stereocenters. The number of hydrogen-bond acceptors (Lipinski definition) is 4. The third kappa shape index (κ3) is 4.59. The predicted octanol–water partition coefficient (Wildman–Crippen LogP) is 3.52. The highest BCUT2D eigenvalue weighted by molar-refractivity contribution is 7.99. The van der Waals surface area contributed by atoms with Crippen molar-refractivity contribution in [3.8, 4) is 5.75 Å². The standard InChI is InChI=1S/C21H25NO3S/c1-25-17-9-10-19-16(14-17)6-5-12-21(19,24)15-22-20(23)11-13-26-18-7-3-2-4-8-18/h2-4,7-10,14,24H,5-6,11-13,15H2,1H3,(H,22,23)/t21-/m1/s1. The lowest BCUT2D eigenvalue weighted by atomic mass is 9.79. The van der Waals surface area contributed by atoms with Gasteiger partial charge in [0.25, 0.3) is 0 Å². The van der Waals surface area contributed by atoms with Gasteiger partial charge in [-0.05, 0) is 54.7 Å². The summed E-state index contributed by atoms with van der Waals surface area (Å²) >= 11 is 1.66. The molecule has 2 aromatic rings. The summed E-state index contributed by atoms with van der Waals surface area (Å²) in [6.07, 6.45) is 2.92. The highest BCUT2D eigenvalue weighted by atomic mass is 32.2. The summed E-state index contributed by atoms with van der Waals surface area (Å²) < 4.78 is 5.27. The Morgan fingerprint density at radius 2 is 2.08 bits per heavy atom. The fourth-order valence-electron chi connectivity index (χ4n) is 3.36. The molecule has 1 aliphatic rings. The maximum Gasteiger partial charge on any atom is 0.220 e. The highest BCUT2D eigenvalue weighted by Gasteiger charge is 2.34. The van der Waals surface area contributed by atoms with Gasteiger partial charge in [0.05, 0.1) is 13.7 Å². The molecule has 2 N–H and O–H groups in total. The number of aryl methyl sites for hydroxylation is 1. The number of methoxy groups -OCH3 is 1. The number of aliphatic hydroxyl groups is 1. The van der Waals surface area contributed by atoms with Crippen LogP contribution < -0.4 is 10.1 Å². The average molecular weight is 372 g/mol. The van der Waals surface area contributed by atoms with Gasteiger partial charge in [0.2, 0.25) is 5.91 Å². The van der Waals surface area contributed by atoms with E-state index < -0.39 is 5.60 Å². The van der Waals surface area contributed by atoms with Crippen LogP contribution in [0.3, 0.4) is 0 Å². The Kier molecular flexibility index (Phi) is 6.22. The zero-order chi connectivity index (χ0) is 18.4. The van der Waals surface area contributed by atoms with Gasteiger partial charge in [-0.25, -0.2) is 0 Å². The van der Waals surface area contributed by atoms with Gasteiger partial charge in [0, 0.05) is 17.1 Å². The summed E-state index contributed by atoms with van der Waals surface area (Å²) in [5.41, 5.74) is 1.01. The van der Waals surface area contributed by atoms with Gasteiger partial charge in [-0.2, -0.15) is 0 Å². The van der Waals surface area contributed by atoms with E-state index in [-0.39, 0.29) is 12.5 Å². The molecule has 138 valence electrons. The monoisotopic (exact) mass is 371 g/mol. The first-order chi connectivity index (χ1) is 12.6. The van der Waals surface area contributed by atoms with Crippen LogP contribution in [0.4, 0.5) is 0 Å². The molecule has 0 fully saturated rings. The van der Waals surface area contributed by atoms with Crippen molar-refractivity contribution in [3.63, 3.8) is 0 Å². The molecule has 1 atom stereocenters. The molecule has 0 aromatic heterocycles. The van der Waals surface area contributed by atoms with Crippen molar-refractivity contribution >= 4 is 17.7 Å². The first-order valence-electron chi connectivity index (χ1n) is 8.95. The molecular formula is C21H25NO3S. The van der Waals surface area contributed by atoms with Gasteiger partial charge in [-0.15, -0.1) is 11.8 Å². The molecule has 0 radical (unpaired) electrons. The summed E-state index contributed by atoms with van der Waals surface area (Å²) in [5, 5.41) is 14.0. The average Bonchev–Trinajstić information content (AvgIpc) is 2.67. The summed E-state index contributed by atoms with van der Waals surface area (Å²) in [6, 6.07) is 15.8. The molecule has 3 rings (SSSR count). The maximum absolute atomic E-state index is 12.2. The zero-order valence-electron chi connectivity index (χ0n) is 15.0. The lowest BCUT2D eigenvalue weighted by Crippen LogP contribution is -2.43. The molecule has 0 saturated heterocycles. The summed E-state index contributed by atoms with van der Waals surface area (Å²) in [4.78, 5) is 13.3. The smallest absolute Gasteiger partial charge is 0.220 e. The number of amides is 1. The SMILES string of the molecule is COc1ccc2c(c1)CCC[C@@]2(O)CNC(=O)CCSc1ccccc1. The largest absolute Gasteiger partial charge is 0.497 e. The summed E-state index contributed by atoms with van der Waals surface area (Å²) in [7, 11) is 1.64. The molecule has 26 heavy (non-hydrogen) atoms. The maximum atomic E-state index is 12.2. The van der Waals surface area contributed by atoms with Crippen LogP contribution in [0.5, 0.6) is 5.75 Å². The zero-order valence-corrected chi connectivity index (χ0v) is 15.8. The van der Waals surface area contributed by atoms with Gasteiger partial charge in [0.1, 0.15) is 11.4 Å². The van der Waals surface area contributed by atoms with E-state index in [1.807, 2.05) is 48.5 Å². The molecule has 2 aromatic carbocycles. The number of carbonyl (C=O) groups is 1. The van der Waals surface area contributed by atoms with E-state index in [1.54, 1.807) is 18.9 Å². The van der Waals surface area contributed by atoms with Gasteiger partial charge >= 0.3 is 0 Å². The van der Waals surface area contributed by atoms with E-state index >= 15 is 0 Å². The minimum Gasteiger partial charge on any atom is -0.497 e. The number of thioether (sulfide) groups is 1. The third-order valence-corrected chi connectivity index (χ3v) is 5.78. The Labute approximate surface area is 159 Å². The van der Waals surface area contributed by atoms with Crippen LogP contribution in [0.25, 0.3) is 0 Å². The first kappa shape index (κ1) is 18.8. The number of carbonyl (C=O) groups excluding carboxylic acids is 1. The number of ether oxygens (including phenoxy) is 1. The number of hydrogen-bond donors (Lipinski definition) is 2. The number of benzene rings is 2. The molecule has 0 spiro atoms. The minimum atomic E-state index is -0.998. The molecule has 0 heterocycles. The van der Waals surface area contributed by atoms with Crippen LogP contribution in [0.2, 0.25) is 0 Å². The van der Waals surface area contributed by atoms with Gasteiger partial charge in [0.15, 0.2) is 0 Å². The highest BCUT2D eigenvalue weighted by Crippen LogP contribution is 2.36. The topological polar surface area (TPSA) is 58.6 Å². The van der Waals surface area contributed by atoms with E-state index in [9.17, 15) is 9.90 Å². The quantitative estimate of drug-likeness (QED) is 0.731. The Balaban J connectivity index is 1.53. The van der Waals surface area contributed by atoms with E-state index in [4.69, 9.17) is 4.74 Å². The molecule has 0 bridgehead atoms. The molecule has 1 aliphatic carbocycles. The second kappa shape index (κ2) is 8.60. The second-order valence-electron chi connectivity index (χ2n) is 6.60. The Morgan fingerprint density at radius 1 is 1.27 bits per heavy atom. The Bertz CT molecular complexity index is 750. The molecule has 5 heteroatoms. The van der Waals surface area contributed by atoms with E-state index in [0.717, 1.165) is 40.4 Å². The minimum absolute atomic E-state index is 0.0255. The fraction of sp³-hybridized carbons (Fsp3) is 0.381. The number of fused-ring (bicyclic) bond motifs is 1. The van der Waals surface area contributed by atoms with Crippen LogP contribution in [-0.2, 0) is 16.8 Å². The molecule has 4 nitrogen and oxygen atoms in total. The van der Waals surface area contributed by atoms with Crippen molar-refractivity contribution in [2.75, 3.05) is 19.4 Å². The molecule has 0 aliphatic heterocycles. The van der Waals surface area contributed by atoms with Crippen molar-refractivity contribution < 1.29 is 14.6 Å². The molecule has 0 saturated carbocycles. The number of nitrogens with one attached hydrogen (secondary N) is 1. The summed E-state index contributed by atoms with van der Waals surface area (Å²) in [6.45, 7) is 0.251. The van der Waals surface area contributed by atoms with Gasteiger partial charge in [-0.3, -0.25) is 4.79 Å². The fourth-order valence-corrected chi connectivity index (χ4v) is 4.23. The summed E-state index contributed by atoms with van der Waals surface area (Å²) in [5.74, 6) is 1.50. The number of rotatable bonds is 7. The van der Waals surface area contributed by atoms with Crippen LogP contribution >= 0.6 is 11.8 Å². The normalized spacial score (nSPS) is 18.8. The first-order valence-corrected chi connectivity index (χ1v) is 9.93.